The highest BCUT2D eigenvalue weighted by molar-refractivity contribution is 5.99. The zero-order chi connectivity index (χ0) is 12.1. The molecule has 0 bridgehead atoms. The molecule has 1 saturated heterocycles. The standard InChI is InChI=1S/C13H15NO3/c1-2-3-12(15)14-11-6-4-10(5-7-11)13-16-8-9-17-13/h2-7,13H,8-9H2,1H3,(H,14,15)/b3-2+. The van der Waals surface area contributed by atoms with Gasteiger partial charge < -0.3 is 14.8 Å². The van der Waals surface area contributed by atoms with Gasteiger partial charge in [0.25, 0.3) is 0 Å². The molecule has 0 unspecified atom stereocenters. The van der Waals surface area contributed by atoms with Crippen LogP contribution in [0.3, 0.4) is 0 Å². The Morgan fingerprint density at radius 1 is 1.29 bits per heavy atom. The van der Waals surface area contributed by atoms with E-state index in [9.17, 15) is 4.79 Å². The van der Waals surface area contributed by atoms with Crippen LogP contribution in [0.2, 0.25) is 0 Å². The summed E-state index contributed by atoms with van der Waals surface area (Å²) < 4.78 is 10.8. The monoisotopic (exact) mass is 233 g/mol. The van der Waals surface area contributed by atoms with Gasteiger partial charge in [-0.15, -0.1) is 0 Å². The molecule has 2 rings (SSSR count). The topological polar surface area (TPSA) is 47.6 Å². The molecule has 4 nitrogen and oxygen atoms in total. The van der Waals surface area contributed by atoms with Crippen LogP contribution < -0.4 is 5.32 Å². The first kappa shape index (κ1) is 11.8. The maximum Gasteiger partial charge on any atom is 0.248 e. The number of ether oxygens (including phenoxy) is 2. The Labute approximate surface area is 100 Å². The van der Waals surface area contributed by atoms with Crippen molar-refractivity contribution in [2.24, 2.45) is 0 Å². The first-order valence-electron chi connectivity index (χ1n) is 5.56. The van der Waals surface area contributed by atoms with Crippen LogP contribution in [-0.4, -0.2) is 19.1 Å². The summed E-state index contributed by atoms with van der Waals surface area (Å²) in [6, 6.07) is 7.45. The summed E-state index contributed by atoms with van der Waals surface area (Å²) in [4.78, 5) is 11.3. The lowest BCUT2D eigenvalue weighted by atomic mass is 10.2. The molecule has 4 heteroatoms. The molecule has 1 fully saturated rings. The second-order valence-electron chi connectivity index (χ2n) is 3.68. The molecule has 0 aliphatic carbocycles. The van der Waals surface area contributed by atoms with Gasteiger partial charge in [0.1, 0.15) is 0 Å². The lowest BCUT2D eigenvalue weighted by Crippen LogP contribution is -2.07. The first-order chi connectivity index (χ1) is 8.29. The SMILES string of the molecule is C/C=C/C(=O)Nc1ccc(C2OCCO2)cc1. The van der Waals surface area contributed by atoms with Crippen molar-refractivity contribution >= 4 is 11.6 Å². The molecule has 1 aromatic rings. The molecule has 1 aliphatic heterocycles. The van der Waals surface area contributed by atoms with Crippen LogP contribution in [0.4, 0.5) is 5.69 Å². The fourth-order valence-corrected chi connectivity index (χ4v) is 1.61. The predicted molar refractivity (Wildman–Crippen MR) is 64.5 cm³/mol. The molecule has 1 heterocycles. The zero-order valence-corrected chi connectivity index (χ0v) is 9.68. The van der Waals surface area contributed by atoms with Crippen molar-refractivity contribution in [1.29, 1.82) is 0 Å². The summed E-state index contributed by atoms with van der Waals surface area (Å²) in [7, 11) is 0. The fraction of sp³-hybridized carbons (Fsp3) is 0.308. The van der Waals surface area contributed by atoms with Gasteiger partial charge in [0, 0.05) is 11.3 Å². The number of hydrogen-bond acceptors (Lipinski definition) is 3. The van der Waals surface area contributed by atoms with Crippen LogP contribution in [0.25, 0.3) is 0 Å². The van der Waals surface area contributed by atoms with Crippen LogP contribution in [0.15, 0.2) is 36.4 Å². The Morgan fingerprint density at radius 2 is 1.94 bits per heavy atom. The number of carbonyl (C=O) groups is 1. The Kier molecular flexibility index (Phi) is 3.90. The van der Waals surface area contributed by atoms with Crippen LogP contribution in [0.1, 0.15) is 18.8 Å². The number of nitrogens with one attached hydrogen (secondary N) is 1. The van der Waals surface area contributed by atoms with Gasteiger partial charge >= 0.3 is 0 Å². The van der Waals surface area contributed by atoms with E-state index in [1.54, 1.807) is 13.0 Å². The van der Waals surface area contributed by atoms with Gasteiger partial charge in [-0.2, -0.15) is 0 Å². The Balaban J connectivity index is 1.99. The van der Waals surface area contributed by atoms with E-state index in [1.165, 1.54) is 6.08 Å². The minimum absolute atomic E-state index is 0.131. The Hall–Kier alpha value is -1.65. The largest absolute Gasteiger partial charge is 0.346 e. The van der Waals surface area contributed by atoms with Crippen LogP contribution >= 0.6 is 0 Å². The van der Waals surface area contributed by atoms with E-state index >= 15 is 0 Å². The highest BCUT2D eigenvalue weighted by Gasteiger charge is 2.17. The number of allylic oxidation sites excluding steroid dienone is 1. The quantitative estimate of drug-likeness (QED) is 0.814. The van der Waals surface area contributed by atoms with Gasteiger partial charge in [-0.3, -0.25) is 4.79 Å². The molecule has 0 atom stereocenters. The molecular formula is C13H15NO3. The molecule has 90 valence electrons. The van der Waals surface area contributed by atoms with Gasteiger partial charge in [0.05, 0.1) is 13.2 Å². The zero-order valence-electron chi connectivity index (χ0n) is 9.68. The molecule has 1 aliphatic rings. The number of anilines is 1. The van der Waals surface area contributed by atoms with Crippen molar-refractivity contribution in [1.82, 2.24) is 0 Å². The van der Waals surface area contributed by atoms with Crippen LogP contribution in [0, 0.1) is 0 Å². The van der Waals surface area contributed by atoms with E-state index < -0.39 is 0 Å². The first-order valence-corrected chi connectivity index (χ1v) is 5.56. The van der Waals surface area contributed by atoms with Gasteiger partial charge in [0.15, 0.2) is 6.29 Å². The summed E-state index contributed by atoms with van der Waals surface area (Å²) in [5.41, 5.74) is 1.72. The molecule has 0 aromatic heterocycles. The highest BCUT2D eigenvalue weighted by Crippen LogP contribution is 2.24. The molecule has 0 radical (unpaired) electrons. The molecule has 1 aromatic carbocycles. The van der Waals surface area contributed by atoms with Crippen LogP contribution in [0.5, 0.6) is 0 Å². The lowest BCUT2D eigenvalue weighted by molar-refractivity contribution is -0.111. The van der Waals surface area contributed by atoms with Gasteiger partial charge in [-0.25, -0.2) is 0 Å². The molecule has 0 spiro atoms. The van der Waals surface area contributed by atoms with Crippen molar-refractivity contribution in [3.63, 3.8) is 0 Å². The number of benzene rings is 1. The highest BCUT2D eigenvalue weighted by atomic mass is 16.7. The fourth-order valence-electron chi connectivity index (χ4n) is 1.61. The number of carbonyl (C=O) groups excluding carboxylic acids is 1. The molecular weight excluding hydrogens is 218 g/mol. The molecule has 1 N–H and O–H groups in total. The third kappa shape index (κ3) is 3.15. The van der Waals surface area contributed by atoms with Crippen molar-refractivity contribution in [2.45, 2.75) is 13.2 Å². The lowest BCUT2D eigenvalue weighted by Gasteiger charge is -2.10. The van der Waals surface area contributed by atoms with Crippen LogP contribution in [-0.2, 0) is 14.3 Å². The second-order valence-corrected chi connectivity index (χ2v) is 3.68. The van der Waals surface area contributed by atoms with Gasteiger partial charge in [-0.1, -0.05) is 18.2 Å². The van der Waals surface area contributed by atoms with E-state index in [0.717, 1.165) is 11.3 Å². The average Bonchev–Trinajstić information content (AvgIpc) is 2.84. The second kappa shape index (κ2) is 5.61. The Bertz CT molecular complexity index is 405. The smallest absolute Gasteiger partial charge is 0.248 e. The normalized spacial score (nSPS) is 16.5. The van der Waals surface area contributed by atoms with Crippen molar-refractivity contribution in [2.75, 3.05) is 18.5 Å². The minimum Gasteiger partial charge on any atom is -0.346 e. The summed E-state index contributed by atoms with van der Waals surface area (Å²) in [5, 5.41) is 2.75. The van der Waals surface area contributed by atoms with E-state index in [1.807, 2.05) is 24.3 Å². The van der Waals surface area contributed by atoms with E-state index in [-0.39, 0.29) is 12.2 Å². The maximum absolute atomic E-state index is 11.3. The average molecular weight is 233 g/mol. The van der Waals surface area contributed by atoms with Crippen molar-refractivity contribution in [3.05, 3.63) is 42.0 Å². The van der Waals surface area contributed by atoms with Crippen molar-refractivity contribution in [3.8, 4) is 0 Å². The number of hydrogen-bond donors (Lipinski definition) is 1. The third-order valence-corrected chi connectivity index (χ3v) is 2.39. The summed E-state index contributed by atoms with van der Waals surface area (Å²) in [6.07, 6.45) is 2.91. The van der Waals surface area contributed by atoms with E-state index in [4.69, 9.17) is 9.47 Å². The predicted octanol–water partition coefficient (Wildman–Crippen LogP) is 2.25. The van der Waals surface area contributed by atoms with Gasteiger partial charge in [-0.05, 0) is 25.1 Å². The molecule has 1 amide bonds. The van der Waals surface area contributed by atoms with E-state index in [2.05, 4.69) is 5.32 Å². The third-order valence-electron chi connectivity index (χ3n) is 2.39. The molecule has 17 heavy (non-hydrogen) atoms. The summed E-state index contributed by atoms with van der Waals surface area (Å²) in [5.74, 6) is -0.131. The minimum atomic E-state index is -0.268. The maximum atomic E-state index is 11.3. The Morgan fingerprint density at radius 3 is 2.53 bits per heavy atom. The van der Waals surface area contributed by atoms with E-state index in [0.29, 0.717) is 13.2 Å². The summed E-state index contributed by atoms with van der Waals surface area (Å²) in [6.45, 7) is 3.06. The number of amides is 1. The summed E-state index contributed by atoms with van der Waals surface area (Å²) >= 11 is 0. The van der Waals surface area contributed by atoms with Crippen molar-refractivity contribution < 1.29 is 14.3 Å². The number of rotatable bonds is 3. The molecule has 0 saturated carbocycles. The van der Waals surface area contributed by atoms with Gasteiger partial charge in [0.2, 0.25) is 5.91 Å².